The minimum Gasteiger partial charge on any atom is -0.339 e. The lowest BCUT2D eigenvalue weighted by Crippen LogP contribution is -2.11. The first-order valence-electron chi connectivity index (χ1n) is 6.75. The van der Waals surface area contributed by atoms with E-state index in [9.17, 15) is 0 Å². The number of aryl methyl sites for hydroxylation is 2. The van der Waals surface area contributed by atoms with Crippen LogP contribution in [0.25, 0.3) is 0 Å². The van der Waals surface area contributed by atoms with Gasteiger partial charge in [0, 0.05) is 12.8 Å². The maximum atomic E-state index is 5.59. The molecule has 19 heavy (non-hydrogen) atoms. The van der Waals surface area contributed by atoms with Crippen molar-refractivity contribution in [3.05, 3.63) is 47.1 Å². The normalized spacial score (nSPS) is 12.6. The zero-order valence-corrected chi connectivity index (χ0v) is 11.6. The van der Waals surface area contributed by atoms with Gasteiger partial charge in [0.15, 0.2) is 5.82 Å². The van der Waals surface area contributed by atoms with E-state index in [4.69, 9.17) is 10.3 Å². The summed E-state index contributed by atoms with van der Waals surface area (Å²) in [7, 11) is 0. The number of hydrogen-bond acceptors (Lipinski definition) is 4. The van der Waals surface area contributed by atoms with Gasteiger partial charge in [0.2, 0.25) is 5.89 Å². The number of nitrogens with two attached hydrogens (primary N) is 1. The van der Waals surface area contributed by atoms with E-state index in [1.807, 2.05) is 12.1 Å². The van der Waals surface area contributed by atoms with E-state index >= 15 is 0 Å². The lowest BCUT2D eigenvalue weighted by Gasteiger charge is -2.04. The third-order valence-electron chi connectivity index (χ3n) is 3.37. The van der Waals surface area contributed by atoms with Crippen molar-refractivity contribution in [1.82, 2.24) is 10.1 Å². The number of nitrogens with zero attached hydrogens (tertiary/aromatic N) is 2. The molecule has 4 heteroatoms. The third-order valence-corrected chi connectivity index (χ3v) is 3.37. The van der Waals surface area contributed by atoms with E-state index < -0.39 is 0 Å². The largest absolute Gasteiger partial charge is 0.339 e. The Morgan fingerprint density at radius 3 is 2.84 bits per heavy atom. The molecular formula is C15H21N3O. The maximum absolute atomic E-state index is 5.59. The van der Waals surface area contributed by atoms with Crippen LogP contribution in [0, 0.1) is 12.8 Å². The quantitative estimate of drug-likeness (QED) is 0.865. The highest BCUT2D eigenvalue weighted by molar-refractivity contribution is 5.27. The fraction of sp³-hybridized carbons (Fsp3) is 0.467. The van der Waals surface area contributed by atoms with Crippen molar-refractivity contribution < 1.29 is 4.52 Å². The lowest BCUT2D eigenvalue weighted by molar-refractivity contribution is 0.362. The zero-order chi connectivity index (χ0) is 13.7. The molecule has 1 aromatic carbocycles. The molecule has 102 valence electrons. The maximum Gasteiger partial charge on any atom is 0.226 e. The Balaban J connectivity index is 1.96. The molecule has 0 aliphatic carbocycles. The molecule has 4 nitrogen and oxygen atoms in total. The number of aromatic nitrogens is 2. The first-order valence-corrected chi connectivity index (χ1v) is 6.75. The summed E-state index contributed by atoms with van der Waals surface area (Å²) in [6.45, 7) is 4.92. The molecule has 1 aromatic heterocycles. The summed E-state index contributed by atoms with van der Waals surface area (Å²) in [6.07, 6.45) is 2.52. The molecule has 2 aromatic rings. The molecule has 2 N–H and O–H groups in total. The smallest absolute Gasteiger partial charge is 0.226 e. The molecule has 0 radical (unpaired) electrons. The predicted molar refractivity (Wildman–Crippen MR) is 74.8 cm³/mol. The molecule has 0 aliphatic heterocycles. The first-order chi connectivity index (χ1) is 9.19. The average Bonchev–Trinajstić information content (AvgIpc) is 2.86. The Labute approximate surface area is 114 Å². The van der Waals surface area contributed by atoms with Crippen LogP contribution >= 0.6 is 0 Å². The second kappa shape index (κ2) is 6.48. The van der Waals surface area contributed by atoms with Crippen molar-refractivity contribution in [2.24, 2.45) is 11.7 Å². The van der Waals surface area contributed by atoms with Crippen LogP contribution in [0.1, 0.15) is 36.2 Å². The molecule has 1 unspecified atom stereocenters. The van der Waals surface area contributed by atoms with Crippen LogP contribution in [-0.2, 0) is 12.8 Å². The number of rotatable bonds is 6. The van der Waals surface area contributed by atoms with Gasteiger partial charge in [-0.05, 0) is 36.9 Å². The SMILES string of the molecule is Cc1ccccc1Cc1noc(CCC(C)CN)n1. The fourth-order valence-electron chi connectivity index (χ4n) is 1.93. The van der Waals surface area contributed by atoms with Crippen LogP contribution in [0.2, 0.25) is 0 Å². The van der Waals surface area contributed by atoms with Crippen molar-refractivity contribution in [3.63, 3.8) is 0 Å². The third kappa shape index (κ3) is 3.89. The number of hydrogen-bond donors (Lipinski definition) is 1. The highest BCUT2D eigenvalue weighted by Crippen LogP contribution is 2.13. The summed E-state index contributed by atoms with van der Waals surface area (Å²) >= 11 is 0. The first kappa shape index (κ1) is 13.7. The molecule has 0 saturated heterocycles. The van der Waals surface area contributed by atoms with Gasteiger partial charge in [0.25, 0.3) is 0 Å². The second-order valence-electron chi connectivity index (χ2n) is 5.09. The molecule has 0 bridgehead atoms. The zero-order valence-electron chi connectivity index (χ0n) is 11.6. The highest BCUT2D eigenvalue weighted by Gasteiger charge is 2.09. The summed E-state index contributed by atoms with van der Waals surface area (Å²) in [4.78, 5) is 4.43. The van der Waals surface area contributed by atoms with Gasteiger partial charge in [0.05, 0.1) is 0 Å². The molecule has 2 rings (SSSR count). The lowest BCUT2D eigenvalue weighted by atomic mass is 10.1. The average molecular weight is 259 g/mol. The molecule has 0 aliphatic rings. The molecule has 0 spiro atoms. The van der Waals surface area contributed by atoms with Crippen LogP contribution in [-0.4, -0.2) is 16.7 Å². The molecule has 1 atom stereocenters. The van der Waals surface area contributed by atoms with Crippen molar-refractivity contribution in [3.8, 4) is 0 Å². The van der Waals surface area contributed by atoms with Crippen LogP contribution in [0.5, 0.6) is 0 Å². The van der Waals surface area contributed by atoms with Gasteiger partial charge in [-0.1, -0.05) is 36.3 Å². The molecule has 0 amide bonds. The van der Waals surface area contributed by atoms with Gasteiger partial charge < -0.3 is 10.3 Å². The molecule has 0 saturated carbocycles. The summed E-state index contributed by atoms with van der Waals surface area (Å²) in [6, 6.07) is 8.27. The molecule has 1 heterocycles. The fourth-order valence-corrected chi connectivity index (χ4v) is 1.93. The molecule has 0 fully saturated rings. The van der Waals surface area contributed by atoms with Crippen LogP contribution in [0.4, 0.5) is 0 Å². The summed E-state index contributed by atoms with van der Waals surface area (Å²) in [5, 5.41) is 4.04. The van der Waals surface area contributed by atoms with E-state index in [0.29, 0.717) is 18.4 Å². The van der Waals surface area contributed by atoms with Gasteiger partial charge >= 0.3 is 0 Å². The van der Waals surface area contributed by atoms with Crippen molar-refractivity contribution in [2.75, 3.05) is 6.54 Å². The summed E-state index contributed by atoms with van der Waals surface area (Å²) in [5.41, 5.74) is 8.09. The van der Waals surface area contributed by atoms with E-state index in [0.717, 1.165) is 25.1 Å². The second-order valence-corrected chi connectivity index (χ2v) is 5.09. The van der Waals surface area contributed by atoms with Gasteiger partial charge in [-0.25, -0.2) is 0 Å². The van der Waals surface area contributed by atoms with Gasteiger partial charge in [0.1, 0.15) is 0 Å². The minimum absolute atomic E-state index is 0.492. The van der Waals surface area contributed by atoms with Crippen LogP contribution < -0.4 is 5.73 Å². The molecular weight excluding hydrogens is 238 g/mol. The topological polar surface area (TPSA) is 64.9 Å². The van der Waals surface area contributed by atoms with Crippen LogP contribution in [0.15, 0.2) is 28.8 Å². The van der Waals surface area contributed by atoms with Gasteiger partial charge in [-0.2, -0.15) is 4.98 Å². The van der Waals surface area contributed by atoms with E-state index in [1.54, 1.807) is 0 Å². The Bertz CT molecular complexity index is 522. The standard InChI is InChI=1S/C15H21N3O/c1-11(10-16)7-8-15-17-14(18-19-15)9-13-6-4-3-5-12(13)2/h3-6,11H,7-10,16H2,1-2H3. The Morgan fingerprint density at radius 1 is 1.32 bits per heavy atom. The van der Waals surface area contributed by atoms with E-state index in [1.165, 1.54) is 11.1 Å². The number of benzene rings is 1. The predicted octanol–water partition coefficient (Wildman–Crippen LogP) is 2.50. The van der Waals surface area contributed by atoms with E-state index in [2.05, 4.69) is 36.1 Å². The van der Waals surface area contributed by atoms with Crippen molar-refractivity contribution >= 4 is 0 Å². The summed E-state index contributed by atoms with van der Waals surface area (Å²) < 4.78 is 5.27. The Hall–Kier alpha value is -1.68. The summed E-state index contributed by atoms with van der Waals surface area (Å²) in [5.74, 6) is 1.96. The minimum atomic E-state index is 0.492. The Kier molecular flexibility index (Phi) is 4.68. The van der Waals surface area contributed by atoms with Crippen molar-refractivity contribution in [2.45, 2.75) is 33.1 Å². The van der Waals surface area contributed by atoms with E-state index in [-0.39, 0.29) is 0 Å². The monoisotopic (exact) mass is 259 g/mol. The van der Waals surface area contributed by atoms with Crippen LogP contribution in [0.3, 0.4) is 0 Å². The van der Waals surface area contributed by atoms with Gasteiger partial charge in [-0.15, -0.1) is 0 Å². The Morgan fingerprint density at radius 2 is 2.11 bits per heavy atom. The van der Waals surface area contributed by atoms with Crippen molar-refractivity contribution in [1.29, 1.82) is 0 Å². The highest BCUT2D eigenvalue weighted by atomic mass is 16.5. The van der Waals surface area contributed by atoms with Gasteiger partial charge in [-0.3, -0.25) is 0 Å².